The molecule has 1 amide bonds. The van der Waals surface area contributed by atoms with E-state index in [1.165, 1.54) is 0 Å². The Hall–Kier alpha value is -1.15. The fourth-order valence-electron chi connectivity index (χ4n) is 1.69. The number of amides is 1. The molecule has 3 N–H and O–H groups in total. The first-order valence-corrected chi connectivity index (χ1v) is 7.14. The number of nitrogens with zero attached hydrogens (tertiary/aromatic N) is 4. The van der Waals surface area contributed by atoms with E-state index in [1.54, 1.807) is 11.8 Å². The number of nitrogens with one attached hydrogen (secondary N) is 1. The lowest BCUT2D eigenvalue weighted by atomic mass is 10.2. The van der Waals surface area contributed by atoms with Crippen molar-refractivity contribution in [3.8, 4) is 0 Å². The van der Waals surface area contributed by atoms with Crippen molar-refractivity contribution in [3.05, 3.63) is 0 Å². The summed E-state index contributed by atoms with van der Waals surface area (Å²) in [5.74, 6) is 0.465. The summed E-state index contributed by atoms with van der Waals surface area (Å²) in [7, 11) is 0. The van der Waals surface area contributed by atoms with E-state index in [0.717, 1.165) is 30.3 Å². The molecule has 8 heteroatoms. The van der Waals surface area contributed by atoms with Crippen LogP contribution in [0.4, 0.5) is 0 Å². The monoisotopic (exact) mass is 270 g/mol. The Morgan fingerprint density at radius 1 is 1.67 bits per heavy atom. The number of carbonyl (C=O) groups is 1. The van der Waals surface area contributed by atoms with E-state index < -0.39 is 0 Å². The average Bonchev–Trinajstić information content (AvgIpc) is 3.08. The van der Waals surface area contributed by atoms with Crippen molar-refractivity contribution >= 4 is 17.7 Å². The highest BCUT2D eigenvalue weighted by molar-refractivity contribution is 7.99. The van der Waals surface area contributed by atoms with Gasteiger partial charge in [0.1, 0.15) is 0 Å². The number of tetrazole rings is 1. The van der Waals surface area contributed by atoms with Crippen molar-refractivity contribution in [3.63, 3.8) is 0 Å². The van der Waals surface area contributed by atoms with Crippen LogP contribution in [0.2, 0.25) is 0 Å². The number of thioether (sulfide) groups is 1. The maximum absolute atomic E-state index is 11.2. The van der Waals surface area contributed by atoms with E-state index in [1.807, 2.05) is 11.6 Å². The number of nitrogens with two attached hydrogens (primary N) is 1. The molecule has 18 heavy (non-hydrogen) atoms. The minimum absolute atomic E-state index is 0.271. The standard InChI is InChI=1S/C10H18N6OS/c1-2-12-8(9(11)17)5-6-18-10-13-14-15-16(10)7-3-4-7/h7-8,12H,2-6H2,1H3,(H2,11,17). The van der Waals surface area contributed by atoms with Crippen LogP contribution in [0.3, 0.4) is 0 Å². The predicted molar refractivity (Wildman–Crippen MR) is 68.1 cm³/mol. The largest absolute Gasteiger partial charge is 0.368 e. The van der Waals surface area contributed by atoms with E-state index in [2.05, 4.69) is 20.8 Å². The SMILES string of the molecule is CCNC(CCSc1nnnn1C1CC1)C(N)=O. The van der Waals surface area contributed by atoms with Gasteiger partial charge in [-0.05, 0) is 36.2 Å². The van der Waals surface area contributed by atoms with Crippen molar-refractivity contribution in [1.29, 1.82) is 0 Å². The molecule has 1 heterocycles. The first-order valence-electron chi connectivity index (χ1n) is 6.15. The van der Waals surface area contributed by atoms with E-state index >= 15 is 0 Å². The molecular weight excluding hydrogens is 252 g/mol. The third kappa shape index (κ3) is 3.42. The molecule has 1 aromatic heterocycles. The van der Waals surface area contributed by atoms with E-state index in [9.17, 15) is 4.79 Å². The lowest BCUT2D eigenvalue weighted by Crippen LogP contribution is -2.41. The minimum Gasteiger partial charge on any atom is -0.368 e. The number of carbonyl (C=O) groups excluding carboxylic acids is 1. The molecule has 100 valence electrons. The summed E-state index contributed by atoms with van der Waals surface area (Å²) in [6.45, 7) is 2.69. The zero-order chi connectivity index (χ0) is 13.0. The second-order valence-corrected chi connectivity index (χ2v) is 5.35. The number of hydrogen-bond donors (Lipinski definition) is 2. The van der Waals surface area contributed by atoms with E-state index in [-0.39, 0.29) is 11.9 Å². The van der Waals surface area contributed by atoms with Crippen LogP contribution in [0.25, 0.3) is 0 Å². The maximum Gasteiger partial charge on any atom is 0.234 e. The second kappa shape index (κ2) is 6.14. The molecule has 0 aliphatic heterocycles. The Kier molecular flexibility index (Phi) is 4.54. The molecular formula is C10H18N6OS. The molecule has 1 saturated carbocycles. The minimum atomic E-state index is -0.306. The first kappa shape index (κ1) is 13.3. The van der Waals surface area contributed by atoms with Gasteiger partial charge >= 0.3 is 0 Å². The van der Waals surface area contributed by atoms with Gasteiger partial charge in [0.25, 0.3) is 0 Å². The van der Waals surface area contributed by atoms with Gasteiger partial charge in [0, 0.05) is 5.75 Å². The van der Waals surface area contributed by atoms with Crippen molar-refractivity contribution in [1.82, 2.24) is 25.5 Å². The molecule has 1 aliphatic rings. The summed E-state index contributed by atoms with van der Waals surface area (Å²) in [6.07, 6.45) is 2.99. The molecule has 1 aromatic rings. The lowest BCUT2D eigenvalue weighted by molar-refractivity contribution is -0.120. The first-order chi connectivity index (χ1) is 8.72. The third-order valence-corrected chi connectivity index (χ3v) is 3.75. The highest BCUT2D eigenvalue weighted by Crippen LogP contribution is 2.36. The molecule has 1 unspecified atom stereocenters. The normalized spacial score (nSPS) is 16.7. The van der Waals surface area contributed by atoms with Crippen LogP contribution >= 0.6 is 11.8 Å². The zero-order valence-electron chi connectivity index (χ0n) is 10.4. The van der Waals surface area contributed by atoms with Crippen molar-refractivity contribution < 1.29 is 4.79 Å². The van der Waals surface area contributed by atoms with Crippen molar-refractivity contribution in [2.45, 2.75) is 43.4 Å². The number of likely N-dealkylation sites (N-methyl/N-ethyl adjacent to an activating group) is 1. The van der Waals surface area contributed by atoms with Crippen LogP contribution in [0.15, 0.2) is 5.16 Å². The van der Waals surface area contributed by atoms with Gasteiger partial charge in [-0.1, -0.05) is 18.7 Å². The van der Waals surface area contributed by atoms with Gasteiger partial charge in [-0.3, -0.25) is 4.79 Å². The molecule has 0 bridgehead atoms. The summed E-state index contributed by atoms with van der Waals surface area (Å²) in [5, 5.41) is 15.6. The van der Waals surface area contributed by atoms with Crippen LogP contribution in [0.1, 0.15) is 32.2 Å². The number of primary amides is 1. The van der Waals surface area contributed by atoms with E-state index in [0.29, 0.717) is 12.5 Å². The van der Waals surface area contributed by atoms with Crippen LogP contribution in [-0.2, 0) is 4.79 Å². The van der Waals surface area contributed by atoms with E-state index in [4.69, 9.17) is 5.73 Å². The quantitative estimate of drug-likeness (QED) is 0.643. The fraction of sp³-hybridized carbons (Fsp3) is 0.800. The Balaban J connectivity index is 1.80. The number of rotatable bonds is 8. The Labute approximate surface area is 110 Å². The molecule has 1 aliphatic carbocycles. The van der Waals surface area contributed by atoms with Gasteiger partial charge in [-0.2, -0.15) is 0 Å². The molecule has 0 saturated heterocycles. The summed E-state index contributed by atoms with van der Waals surface area (Å²) in [5.41, 5.74) is 5.31. The Morgan fingerprint density at radius 3 is 3.06 bits per heavy atom. The predicted octanol–water partition coefficient (Wildman–Crippen LogP) is -0.0464. The van der Waals surface area contributed by atoms with Gasteiger partial charge in [0.05, 0.1) is 12.1 Å². The molecule has 1 atom stereocenters. The zero-order valence-corrected chi connectivity index (χ0v) is 11.2. The van der Waals surface area contributed by atoms with Crippen LogP contribution < -0.4 is 11.1 Å². The van der Waals surface area contributed by atoms with Crippen LogP contribution in [0.5, 0.6) is 0 Å². The topological polar surface area (TPSA) is 98.7 Å². The molecule has 0 spiro atoms. The number of aromatic nitrogens is 4. The van der Waals surface area contributed by atoms with Gasteiger partial charge in [-0.25, -0.2) is 4.68 Å². The van der Waals surface area contributed by atoms with Gasteiger partial charge in [0.2, 0.25) is 11.1 Å². The molecule has 0 radical (unpaired) electrons. The second-order valence-electron chi connectivity index (χ2n) is 4.29. The Morgan fingerprint density at radius 2 is 2.44 bits per heavy atom. The van der Waals surface area contributed by atoms with Crippen molar-refractivity contribution in [2.24, 2.45) is 5.73 Å². The summed E-state index contributed by atoms with van der Waals surface area (Å²) < 4.78 is 1.87. The summed E-state index contributed by atoms with van der Waals surface area (Å²) in [4.78, 5) is 11.2. The average molecular weight is 270 g/mol. The third-order valence-electron chi connectivity index (χ3n) is 2.79. The van der Waals surface area contributed by atoms with Gasteiger partial charge in [-0.15, -0.1) is 5.10 Å². The highest BCUT2D eigenvalue weighted by atomic mass is 32.2. The molecule has 7 nitrogen and oxygen atoms in total. The lowest BCUT2D eigenvalue weighted by Gasteiger charge is -2.13. The molecule has 2 rings (SSSR count). The fourth-order valence-corrected chi connectivity index (χ4v) is 2.64. The number of hydrogen-bond acceptors (Lipinski definition) is 6. The maximum atomic E-state index is 11.2. The van der Waals surface area contributed by atoms with Gasteiger partial charge in [0.15, 0.2) is 0 Å². The highest BCUT2D eigenvalue weighted by Gasteiger charge is 2.27. The molecule has 1 fully saturated rings. The Bertz CT molecular complexity index is 405. The van der Waals surface area contributed by atoms with Gasteiger partial charge < -0.3 is 11.1 Å². The van der Waals surface area contributed by atoms with Crippen LogP contribution in [0, 0.1) is 0 Å². The summed E-state index contributed by atoms with van der Waals surface area (Å²) in [6, 6.07) is 0.205. The summed E-state index contributed by atoms with van der Waals surface area (Å²) >= 11 is 1.57. The smallest absolute Gasteiger partial charge is 0.234 e. The molecule has 0 aromatic carbocycles. The van der Waals surface area contributed by atoms with Crippen molar-refractivity contribution in [2.75, 3.05) is 12.3 Å². The van der Waals surface area contributed by atoms with Crippen LogP contribution in [-0.4, -0.2) is 44.5 Å².